The number of piperazine rings is 1. The molecule has 2 fully saturated rings. The standard InChI is InChI=1S/C27H27Cl2N7O/c1-17-24-21(26(37)36(33-17)25-22(28)9-4-10-23(25)29)16-30-27(32-24)31-18-5-2-8-20(15-18)35-13-11-34(12-14-35)19-6-3-7-19/h2,4-5,8-10,15-16,19H,3,6-7,11-14H2,1H3,(H,30,31,32). The van der Waals surface area contributed by atoms with Crippen molar-refractivity contribution in [2.45, 2.75) is 32.2 Å². The maximum absolute atomic E-state index is 13.2. The Hall–Kier alpha value is -3.20. The van der Waals surface area contributed by atoms with E-state index >= 15 is 0 Å². The van der Waals surface area contributed by atoms with Gasteiger partial charge in [-0.15, -0.1) is 0 Å². The second-order valence-electron chi connectivity index (χ2n) is 9.61. The molecular weight excluding hydrogens is 509 g/mol. The van der Waals surface area contributed by atoms with E-state index in [-0.39, 0.29) is 5.56 Å². The fourth-order valence-electron chi connectivity index (χ4n) is 5.08. The first-order valence-electron chi connectivity index (χ1n) is 12.5. The van der Waals surface area contributed by atoms with E-state index in [2.05, 4.69) is 42.3 Å². The molecule has 0 radical (unpaired) electrons. The minimum Gasteiger partial charge on any atom is -0.369 e. The van der Waals surface area contributed by atoms with Gasteiger partial charge in [0.05, 0.1) is 21.1 Å². The van der Waals surface area contributed by atoms with Gasteiger partial charge >= 0.3 is 0 Å². The zero-order chi connectivity index (χ0) is 25.5. The number of aromatic nitrogens is 4. The second kappa shape index (κ2) is 9.93. The van der Waals surface area contributed by atoms with Gasteiger partial charge in [-0.3, -0.25) is 9.69 Å². The van der Waals surface area contributed by atoms with E-state index in [1.807, 2.05) is 12.1 Å². The van der Waals surface area contributed by atoms with Gasteiger partial charge in [-0.25, -0.2) is 9.97 Å². The third kappa shape index (κ3) is 4.65. The predicted molar refractivity (Wildman–Crippen MR) is 149 cm³/mol. The summed E-state index contributed by atoms with van der Waals surface area (Å²) in [5, 5.41) is 8.76. The highest BCUT2D eigenvalue weighted by atomic mass is 35.5. The molecule has 8 nitrogen and oxygen atoms in total. The van der Waals surface area contributed by atoms with Gasteiger partial charge in [0.1, 0.15) is 11.2 Å². The average Bonchev–Trinajstić information content (AvgIpc) is 2.86. The number of nitrogens with one attached hydrogen (secondary N) is 1. The van der Waals surface area contributed by atoms with Gasteiger partial charge in [-0.1, -0.05) is 41.8 Å². The van der Waals surface area contributed by atoms with E-state index in [0.29, 0.717) is 38.3 Å². The van der Waals surface area contributed by atoms with E-state index in [0.717, 1.165) is 37.9 Å². The molecule has 2 aromatic carbocycles. The van der Waals surface area contributed by atoms with Crippen molar-refractivity contribution < 1.29 is 0 Å². The number of fused-ring (bicyclic) bond motifs is 1. The molecule has 2 aromatic heterocycles. The Morgan fingerprint density at radius 1 is 1.00 bits per heavy atom. The summed E-state index contributed by atoms with van der Waals surface area (Å²) in [4.78, 5) is 27.3. The topological polar surface area (TPSA) is 79.2 Å². The molecule has 0 bridgehead atoms. The molecule has 10 heteroatoms. The summed E-state index contributed by atoms with van der Waals surface area (Å²) in [5.74, 6) is 0.400. The molecule has 190 valence electrons. The lowest BCUT2D eigenvalue weighted by Crippen LogP contribution is -2.52. The molecular formula is C27H27Cl2N7O. The summed E-state index contributed by atoms with van der Waals surface area (Å²) in [6.45, 7) is 6.07. The molecule has 0 unspecified atom stereocenters. The van der Waals surface area contributed by atoms with Crippen LogP contribution >= 0.6 is 23.2 Å². The molecule has 1 saturated carbocycles. The highest BCUT2D eigenvalue weighted by molar-refractivity contribution is 6.37. The normalized spacial score (nSPS) is 16.7. The highest BCUT2D eigenvalue weighted by Crippen LogP contribution is 2.29. The van der Waals surface area contributed by atoms with E-state index in [1.165, 1.54) is 35.8 Å². The molecule has 37 heavy (non-hydrogen) atoms. The first kappa shape index (κ1) is 24.2. The van der Waals surface area contributed by atoms with Crippen LogP contribution in [0.2, 0.25) is 10.0 Å². The van der Waals surface area contributed by atoms with Crippen molar-refractivity contribution >= 4 is 51.4 Å². The van der Waals surface area contributed by atoms with Crippen LogP contribution in [0.4, 0.5) is 17.3 Å². The van der Waals surface area contributed by atoms with Gasteiger partial charge in [0.25, 0.3) is 5.56 Å². The summed E-state index contributed by atoms with van der Waals surface area (Å²) < 4.78 is 1.22. The van der Waals surface area contributed by atoms with Crippen molar-refractivity contribution in [1.29, 1.82) is 0 Å². The molecule has 1 aliphatic heterocycles. The number of benzene rings is 2. The van der Waals surface area contributed by atoms with Crippen LogP contribution in [0.15, 0.2) is 53.5 Å². The van der Waals surface area contributed by atoms with Crippen molar-refractivity contribution in [3.63, 3.8) is 0 Å². The lowest BCUT2D eigenvalue weighted by molar-refractivity contribution is 0.120. The van der Waals surface area contributed by atoms with Gasteiger partial charge in [-0.05, 0) is 50.1 Å². The zero-order valence-electron chi connectivity index (χ0n) is 20.5. The largest absolute Gasteiger partial charge is 0.369 e. The summed E-state index contributed by atoms with van der Waals surface area (Å²) >= 11 is 12.6. The maximum Gasteiger partial charge on any atom is 0.282 e. The number of rotatable bonds is 5. The lowest BCUT2D eigenvalue weighted by atomic mass is 9.91. The molecule has 0 atom stereocenters. The van der Waals surface area contributed by atoms with Gasteiger partial charge in [0.2, 0.25) is 5.95 Å². The number of hydrogen-bond acceptors (Lipinski definition) is 7. The third-order valence-corrected chi connectivity index (χ3v) is 7.94. The van der Waals surface area contributed by atoms with Crippen LogP contribution in [-0.2, 0) is 0 Å². The smallest absolute Gasteiger partial charge is 0.282 e. The van der Waals surface area contributed by atoms with E-state index in [9.17, 15) is 4.79 Å². The minimum absolute atomic E-state index is 0.337. The minimum atomic E-state index is -0.384. The Labute approximate surface area is 224 Å². The predicted octanol–water partition coefficient (Wildman–Crippen LogP) is 5.21. The Morgan fingerprint density at radius 2 is 1.73 bits per heavy atom. The van der Waals surface area contributed by atoms with Crippen LogP contribution in [0.3, 0.4) is 0 Å². The Morgan fingerprint density at radius 3 is 2.43 bits per heavy atom. The number of anilines is 3. The fourth-order valence-corrected chi connectivity index (χ4v) is 5.64. The Kier molecular flexibility index (Phi) is 6.48. The highest BCUT2D eigenvalue weighted by Gasteiger charge is 2.28. The number of hydrogen-bond donors (Lipinski definition) is 1. The van der Waals surface area contributed by atoms with Crippen molar-refractivity contribution in [3.05, 3.63) is 74.8 Å². The van der Waals surface area contributed by atoms with Gasteiger partial charge in [0, 0.05) is 49.8 Å². The SMILES string of the molecule is Cc1nn(-c2c(Cl)cccc2Cl)c(=O)c2cnc(Nc3cccc(N4CCN(C5CCC5)CC4)c3)nc12. The first-order chi connectivity index (χ1) is 18.0. The molecule has 2 aliphatic rings. The number of aryl methyl sites for hydroxylation is 1. The quantitative estimate of drug-likeness (QED) is 0.375. The first-order valence-corrected chi connectivity index (χ1v) is 13.3. The number of halogens is 2. The zero-order valence-corrected chi connectivity index (χ0v) is 22.0. The third-order valence-electron chi connectivity index (χ3n) is 7.33. The lowest BCUT2D eigenvalue weighted by Gasteiger charge is -2.43. The number of para-hydroxylation sites is 1. The van der Waals surface area contributed by atoms with Crippen molar-refractivity contribution in [2.24, 2.45) is 0 Å². The average molecular weight is 536 g/mol. The summed E-state index contributed by atoms with van der Waals surface area (Å²) in [6.07, 6.45) is 5.59. The molecule has 1 saturated heterocycles. The van der Waals surface area contributed by atoms with Gasteiger partial charge in [0.15, 0.2) is 0 Å². The Balaban J connectivity index is 1.24. The fraction of sp³-hybridized carbons (Fsp3) is 0.333. The molecule has 1 N–H and O–H groups in total. The second-order valence-corrected chi connectivity index (χ2v) is 10.4. The molecule has 0 amide bonds. The summed E-state index contributed by atoms with van der Waals surface area (Å²) in [5.41, 5.74) is 3.06. The number of nitrogens with zero attached hydrogens (tertiary/aromatic N) is 6. The van der Waals surface area contributed by atoms with Gasteiger partial charge < -0.3 is 10.2 Å². The van der Waals surface area contributed by atoms with Crippen LogP contribution in [0, 0.1) is 6.92 Å². The summed E-state index contributed by atoms with van der Waals surface area (Å²) in [7, 11) is 0. The Bertz CT molecular complexity index is 1510. The van der Waals surface area contributed by atoms with Crippen molar-refractivity contribution in [3.8, 4) is 5.69 Å². The molecule has 4 aromatic rings. The van der Waals surface area contributed by atoms with Crippen molar-refractivity contribution in [1.82, 2.24) is 24.6 Å². The van der Waals surface area contributed by atoms with Crippen LogP contribution in [0.5, 0.6) is 0 Å². The maximum atomic E-state index is 13.2. The van der Waals surface area contributed by atoms with E-state index < -0.39 is 0 Å². The summed E-state index contributed by atoms with van der Waals surface area (Å²) in [6, 6.07) is 14.1. The molecule has 6 rings (SSSR count). The molecule has 0 spiro atoms. The van der Waals surface area contributed by atoms with Crippen molar-refractivity contribution in [2.75, 3.05) is 36.4 Å². The van der Waals surface area contributed by atoms with Crippen LogP contribution in [0.25, 0.3) is 16.6 Å². The van der Waals surface area contributed by atoms with E-state index in [1.54, 1.807) is 25.1 Å². The van der Waals surface area contributed by atoms with Crippen LogP contribution < -0.4 is 15.8 Å². The monoisotopic (exact) mass is 535 g/mol. The van der Waals surface area contributed by atoms with E-state index in [4.69, 9.17) is 23.2 Å². The van der Waals surface area contributed by atoms with Crippen LogP contribution in [-0.4, -0.2) is 56.9 Å². The van der Waals surface area contributed by atoms with Crippen LogP contribution in [0.1, 0.15) is 25.0 Å². The molecule has 3 heterocycles. The molecule has 1 aliphatic carbocycles. The van der Waals surface area contributed by atoms with Gasteiger partial charge in [-0.2, -0.15) is 9.78 Å².